The Labute approximate surface area is 282 Å². The van der Waals surface area contributed by atoms with Gasteiger partial charge in [0.05, 0.1) is 13.2 Å². The van der Waals surface area contributed by atoms with Gasteiger partial charge in [-0.1, -0.05) is 143 Å². The van der Waals surface area contributed by atoms with E-state index in [0.29, 0.717) is 13.2 Å². The van der Waals surface area contributed by atoms with Crippen LogP contribution in [0.15, 0.2) is 0 Å². The Balaban J connectivity index is 4.03. The third-order valence-electron chi connectivity index (χ3n) is 10.1. The van der Waals surface area contributed by atoms with Crippen LogP contribution < -0.4 is 5.11 Å². The van der Waals surface area contributed by atoms with Crippen molar-refractivity contribution < 1.29 is 23.8 Å². The Kier molecular flexibility index (Phi) is 26.0. The highest BCUT2D eigenvalue weighted by molar-refractivity contribution is 6.74. The molecule has 0 rings (SSSR count). The van der Waals surface area contributed by atoms with Crippen LogP contribution in [-0.4, -0.2) is 64.4 Å². The van der Waals surface area contributed by atoms with E-state index < -0.39 is 20.0 Å². The molecule has 1 amide bonds. The molecule has 0 N–H and O–H groups in total. The molecule has 2 atom stereocenters. The molecule has 6 nitrogen and oxygen atoms in total. The number of hydrogen-bond donors (Lipinski definition) is 0. The van der Waals surface area contributed by atoms with Gasteiger partial charge in [-0.25, -0.2) is 0 Å². The molecule has 0 fully saturated rings. The van der Waals surface area contributed by atoms with Crippen molar-refractivity contribution in [1.29, 1.82) is 0 Å². The summed E-state index contributed by atoms with van der Waals surface area (Å²) in [5, 5.41) is 12.3. The number of nitrogens with zero attached hydrogens (tertiary/aromatic N) is 1. The SMILES string of the molecule is CCCCCCCCCCCCCCCCCC(C)N(CC(C)(COCCCCCCCO[Si](C)(C)C(C)(C)C)OC)C(=O)[O-]. The summed E-state index contributed by atoms with van der Waals surface area (Å²) in [4.78, 5) is 13.5. The lowest BCUT2D eigenvalue weighted by molar-refractivity contribution is -0.271. The van der Waals surface area contributed by atoms with Crippen LogP contribution in [0.2, 0.25) is 18.1 Å². The minimum Gasteiger partial charge on any atom is -0.530 e. The van der Waals surface area contributed by atoms with Crippen molar-refractivity contribution in [1.82, 2.24) is 4.90 Å². The molecule has 0 aliphatic heterocycles. The molecule has 0 aromatic carbocycles. The zero-order valence-corrected chi connectivity index (χ0v) is 32.7. The monoisotopic (exact) mass is 657 g/mol. The summed E-state index contributed by atoms with van der Waals surface area (Å²) >= 11 is 0. The van der Waals surface area contributed by atoms with E-state index in [4.69, 9.17) is 13.9 Å². The summed E-state index contributed by atoms with van der Waals surface area (Å²) < 4.78 is 18.0. The van der Waals surface area contributed by atoms with Crippen molar-refractivity contribution >= 4 is 14.4 Å². The fourth-order valence-corrected chi connectivity index (χ4v) is 6.65. The average Bonchev–Trinajstić information content (AvgIpc) is 2.98. The smallest absolute Gasteiger partial charge is 0.191 e. The Morgan fingerprint density at radius 3 is 1.56 bits per heavy atom. The van der Waals surface area contributed by atoms with Crippen LogP contribution in [0.5, 0.6) is 0 Å². The van der Waals surface area contributed by atoms with Crippen molar-refractivity contribution in [2.45, 2.75) is 206 Å². The second kappa shape index (κ2) is 26.3. The number of ether oxygens (including phenoxy) is 2. The van der Waals surface area contributed by atoms with Gasteiger partial charge in [-0.2, -0.15) is 0 Å². The molecule has 0 bridgehead atoms. The lowest BCUT2D eigenvalue weighted by atomic mass is 10.0. The zero-order valence-electron chi connectivity index (χ0n) is 31.7. The van der Waals surface area contributed by atoms with Gasteiger partial charge in [0, 0.05) is 26.4 Å². The van der Waals surface area contributed by atoms with E-state index in [0.717, 1.165) is 45.1 Å². The Morgan fingerprint density at radius 2 is 1.13 bits per heavy atom. The van der Waals surface area contributed by atoms with Gasteiger partial charge >= 0.3 is 0 Å². The van der Waals surface area contributed by atoms with Crippen LogP contribution in [0, 0.1) is 0 Å². The summed E-state index contributed by atoms with van der Waals surface area (Å²) in [6.45, 7) is 19.9. The molecule has 270 valence electrons. The molecule has 0 saturated heterocycles. The van der Waals surface area contributed by atoms with Gasteiger partial charge in [0.15, 0.2) is 8.32 Å². The molecule has 45 heavy (non-hydrogen) atoms. The maximum absolute atomic E-state index is 12.0. The first-order chi connectivity index (χ1) is 21.3. The normalized spacial score (nSPS) is 14.4. The molecule has 0 heterocycles. The fraction of sp³-hybridized carbons (Fsp3) is 0.974. The molecule has 0 aromatic rings. The third-order valence-corrected chi connectivity index (χ3v) is 14.6. The van der Waals surface area contributed by atoms with E-state index in [1.807, 2.05) is 13.8 Å². The summed E-state index contributed by atoms with van der Waals surface area (Å²) in [6.07, 6.45) is 25.3. The molecular formula is C38H78NO5Si-. The van der Waals surface area contributed by atoms with Gasteiger partial charge in [0.25, 0.3) is 0 Å². The van der Waals surface area contributed by atoms with E-state index in [1.54, 1.807) is 7.11 Å². The summed E-state index contributed by atoms with van der Waals surface area (Å²) in [7, 11) is 0.00350. The highest BCUT2D eigenvalue weighted by Gasteiger charge is 2.36. The van der Waals surface area contributed by atoms with E-state index in [9.17, 15) is 9.90 Å². The second-order valence-electron chi connectivity index (χ2n) is 15.6. The minimum atomic E-state index is -1.64. The van der Waals surface area contributed by atoms with Gasteiger partial charge in [-0.3, -0.25) is 0 Å². The van der Waals surface area contributed by atoms with Gasteiger partial charge in [0.1, 0.15) is 11.7 Å². The lowest BCUT2D eigenvalue weighted by Gasteiger charge is -2.39. The number of carbonyl (C=O) groups excluding carboxylic acids is 1. The molecule has 7 heteroatoms. The number of rotatable bonds is 31. The van der Waals surface area contributed by atoms with Gasteiger partial charge in [-0.15, -0.1) is 0 Å². The average molecular weight is 657 g/mol. The second-order valence-corrected chi connectivity index (χ2v) is 20.4. The van der Waals surface area contributed by atoms with Crippen LogP contribution in [0.3, 0.4) is 0 Å². The van der Waals surface area contributed by atoms with Crippen LogP contribution in [0.4, 0.5) is 4.79 Å². The first kappa shape index (κ1) is 44.4. The highest BCUT2D eigenvalue weighted by atomic mass is 28.4. The molecular weight excluding hydrogens is 579 g/mol. The van der Waals surface area contributed by atoms with Crippen molar-refractivity contribution in [2.75, 3.05) is 33.5 Å². The Hall–Kier alpha value is -0.633. The molecule has 0 aliphatic rings. The third kappa shape index (κ3) is 23.4. The van der Waals surface area contributed by atoms with Gasteiger partial charge in [0.2, 0.25) is 0 Å². The van der Waals surface area contributed by atoms with Crippen molar-refractivity contribution in [3.63, 3.8) is 0 Å². The number of methoxy groups -OCH3 is 1. The minimum absolute atomic E-state index is 0.0907. The number of carbonyl (C=O) groups is 1. The number of unbranched alkanes of at least 4 members (excludes halogenated alkanes) is 18. The molecule has 0 aromatic heterocycles. The topological polar surface area (TPSA) is 71.1 Å². The predicted octanol–water partition coefficient (Wildman–Crippen LogP) is 10.7. The fourth-order valence-electron chi connectivity index (χ4n) is 5.57. The molecule has 0 aliphatic carbocycles. The standard InChI is InChI=1S/C38H79NO5Si/c1-10-11-12-13-14-15-16-17-18-19-20-21-22-24-27-30-35(2)39(36(40)41)33-38(6,42-7)34-43-31-28-25-23-26-29-32-44-45(8,9)37(3,4)5/h35H,10-34H2,1-9H3,(H,40,41)/p-1. The van der Waals surface area contributed by atoms with E-state index in [2.05, 4.69) is 40.8 Å². The maximum Gasteiger partial charge on any atom is 0.191 e. The van der Waals surface area contributed by atoms with E-state index in [-0.39, 0.29) is 17.6 Å². The summed E-state index contributed by atoms with van der Waals surface area (Å²) in [5.41, 5.74) is -0.690. The van der Waals surface area contributed by atoms with Gasteiger partial charge < -0.3 is 28.7 Å². The van der Waals surface area contributed by atoms with Crippen molar-refractivity contribution in [3.8, 4) is 0 Å². The van der Waals surface area contributed by atoms with Crippen molar-refractivity contribution in [2.24, 2.45) is 0 Å². The zero-order chi connectivity index (χ0) is 34.0. The lowest BCUT2D eigenvalue weighted by Crippen LogP contribution is -2.54. The van der Waals surface area contributed by atoms with Crippen molar-refractivity contribution in [3.05, 3.63) is 0 Å². The number of amides is 1. The molecule has 0 spiro atoms. The van der Waals surface area contributed by atoms with Crippen LogP contribution >= 0.6 is 0 Å². The summed E-state index contributed by atoms with van der Waals surface area (Å²) in [5.74, 6) is 0. The Bertz CT molecular complexity index is 698. The quantitative estimate of drug-likeness (QED) is 0.0548. The van der Waals surface area contributed by atoms with Crippen LogP contribution in [0.25, 0.3) is 0 Å². The van der Waals surface area contributed by atoms with E-state index in [1.165, 1.54) is 101 Å². The first-order valence-corrected chi connectivity index (χ1v) is 21.9. The van der Waals surface area contributed by atoms with Crippen LogP contribution in [0.1, 0.15) is 176 Å². The molecule has 2 unspecified atom stereocenters. The highest BCUT2D eigenvalue weighted by Crippen LogP contribution is 2.36. The van der Waals surface area contributed by atoms with E-state index >= 15 is 0 Å². The first-order valence-electron chi connectivity index (χ1n) is 19.0. The van der Waals surface area contributed by atoms with Gasteiger partial charge in [-0.05, 0) is 51.2 Å². The number of hydrogen-bond acceptors (Lipinski definition) is 5. The Morgan fingerprint density at radius 1 is 0.711 bits per heavy atom. The summed E-state index contributed by atoms with van der Waals surface area (Å²) in [6, 6.07) is -0.0907. The maximum atomic E-state index is 12.0. The number of carboxylic acid groups (broad SMARTS) is 1. The molecule has 0 radical (unpaired) electrons. The van der Waals surface area contributed by atoms with Crippen LogP contribution in [-0.2, 0) is 13.9 Å². The molecule has 0 saturated carbocycles. The predicted molar refractivity (Wildman–Crippen MR) is 194 cm³/mol. The largest absolute Gasteiger partial charge is 0.530 e.